The lowest BCUT2D eigenvalue weighted by atomic mass is 10.3. The summed E-state index contributed by atoms with van der Waals surface area (Å²) < 4.78 is 5.07. The Morgan fingerprint density at radius 2 is 2.08 bits per heavy atom. The third-order valence-electron chi connectivity index (χ3n) is 1.43. The number of hydrogen-bond acceptors (Lipinski definition) is 3. The third-order valence-corrected chi connectivity index (χ3v) is 1.65. The monoisotopic (exact) mass is 196 g/mol. The highest BCUT2D eigenvalue weighted by atomic mass is 32.1. The number of benzene rings is 1. The van der Waals surface area contributed by atoms with E-state index in [0.717, 1.165) is 11.4 Å². The first kappa shape index (κ1) is 9.80. The van der Waals surface area contributed by atoms with Gasteiger partial charge in [-0.05, 0) is 43.4 Å². The Balaban J connectivity index is 2.54. The molecule has 4 heteroatoms. The molecular formula is C9H12N2OS. The molecule has 3 nitrogen and oxygen atoms in total. The first-order valence-corrected chi connectivity index (χ1v) is 4.42. The number of nitrogen functional groups attached to an aromatic ring is 1. The molecule has 0 aliphatic carbocycles. The van der Waals surface area contributed by atoms with Crippen molar-refractivity contribution < 1.29 is 4.74 Å². The number of anilines is 2. The summed E-state index contributed by atoms with van der Waals surface area (Å²) in [6.07, 6.45) is 0. The van der Waals surface area contributed by atoms with E-state index in [2.05, 4.69) is 5.32 Å². The van der Waals surface area contributed by atoms with E-state index in [0.29, 0.717) is 11.8 Å². The summed E-state index contributed by atoms with van der Waals surface area (Å²) in [6, 6.07) is 7.30. The number of thiocarbonyl (C=S) groups is 1. The van der Waals surface area contributed by atoms with Gasteiger partial charge in [0.2, 0.25) is 0 Å². The minimum absolute atomic E-state index is 0.382. The molecule has 70 valence electrons. The average molecular weight is 196 g/mol. The molecule has 0 fully saturated rings. The van der Waals surface area contributed by atoms with Crippen molar-refractivity contribution in [3.63, 3.8) is 0 Å². The molecule has 0 aliphatic rings. The highest BCUT2D eigenvalue weighted by molar-refractivity contribution is 7.80. The predicted molar refractivity (Wildman–Crippen MR) is 58.7 cm³/mol. The van der Waals surface area contributed by atoms with Gasteiger partial charge in [-0.25, -0.2) is 0 Å². The maximum Gasteiger partial charge on any atom is 0.261 e. The van der Waals surface area contributed by atoms with Crippen molar-refractivity contribution in [3.05, 3.63) is 24.3 Å². The number of rotatable bonds is 2. The Labute approximate surface area is 82.9 Å². The molecule has 1 aromatic carbocycles. The van der Waals surface area contributed by atoms with Crippen molar-refractivity contribution in [2.45, 2.75) is 6.92 Å². The van der Waals surface area contributed by atoms with Gasteiger partial charge in [-0.2, -0.15) is 0 Å². The first-order valence-electron chi connectivity index (χ1n) is 4.01. The van der Waals surface area contributed by atoms with Crippen LogP contribution in [0.4, 0.5) is 11.4 Å². The molecule has 1 aromatic rings. The summed E-state index contributed by atoms with van der Waals surface area (Å²) >= 11 is 4.90. The molecular weight excluding hydrogens is 184 g/mol. The first-order chi connectivity index (χ1) is 6.22. The van der Waals surface area contributed by atoms with Crippen molar-refractivity contribution in [2.24, 2.45) is 0 Å². The fourth-order valence-electron chi connectivity index (χ4n) is 0.851. The molecule has 13 heavy (non-hydrogen) atoms. The van der Waals surface area contributed by atoms with Crippen molar-refractivity contribution >= 4 is 28.8 Å². The summed E-state index contributed by atoms with van der Waals surface area (Å²) in [6.45, 7) is 2.46. The van der Waals surface area contributed by atoms with E-state index in [1.54, 1.807) is 12.1 Å². The molecule has 0 heterocycles. The average Bonchev–Trinajstić information content (AvgIpc) is 2.09. The second kappa shape index (κ2) is 4.67. The van der Waals surface area contributed by atoms with E-state index in [4.69, 9.17) is 22.7 Å². The molecule has 0 spiro atoms. The number of hydrogen-bond donors (Lipinski definition) is 2. The van der Waals surface area contributed by atoms with Crippen molar-refractivity contribution in [1.82, 2.24) is 0 Å². The number of nitrogens with two attached hydrogens (primary N) is 1. The van der Waals surface area contributed by atoms with Gasteiger partial charge in [-0.1, -0.05) is 0 Å². The van der Waals surface area contributed by atoms with Gasteiger partial charge < -0.3 is 15.8 Å². The van der Waals surface area contributed by atoms with Gasteiger partial charge in [0.25, 0.3) is 5.17 Å². The summed E-state index contributed by atoms with van der Waals surface area (Å²) in [7, 11) is 0. The molecule has 0 aliphatic heterocycles. The van der Waals surface area contributed by atoms with Crippen LogP contribution in [-0.2, 0) is 4.74 Å². The SMILES string of the molecule is CCOC(=S)Nc1ccc(N)cc1. The largest absolute Gasteiger partial charge is 0.471 e. The zero-order valence-corrected chi connectivity index (χ0v) is 8.23. The van der Waals surface area contributed by atoms with Crippen LogP contribution in [0.15, 0.2) is 24.3 Å². The van der Waals surface area contributed by atoms with Crippen LogP contribution in [0.25, 0.3) is 0 Å². The van der Waals surface area contributed by atoms with Gasteiger partial charge in [-0.15, -0.1) is 0 Å². The van der Waals surface area contributed by atoms with Gasteiger partial charge >= 0.3 is 0 Å². The fourth-order valence-corrected chi connectivity index (χ4v) is 1.09. The van der Waals surface area contributed by atoms with Crippen LogP contribution in [0.2, 0.25) is 0 Å². The third kappa shape index (κ3) is 3.29. The Hall–Kier alpha value is -1.29. The van der Waals surface area contributed by atoms with Gasteiger partial charge in [0.1, 0.15) is 0 Å². The predicted octanol–water partition coefficient (Wildman–Crippen LogP) is 2.00. The van der Waals surface area contributed by atoms with E-state index < -0.39 is 0 Å². The topological polar surface area (TPSA) is 47.3 Å². The molecule has 0 saturated carbocycles. The Morgan fingerprint density at radius 1 is 1.46 bits per heavy atom. The summed E-state index contributed by atoms with van der Waals surface area (Å²) in [5.74, 6) is 0. The van der Waals surface area contributed by atoms with Gasteiger partial charge in [0.15, 0.2) is 0 Å². The zero-order valence-electron chi connectivity index (χ0n) is 7.41. The van der Waals surface area contributed by atoms with Crippen LogP contribution in [0.1, 0.15) is 6.92 Å². The zero-order chi connectivity index (χ0) is 9.68. The molecule has 0 radical (unpaired) electrons. The Bertz CT molecular complexity index is 284. The standard InChI is InChI=1S/C9H12N2OS/c1-2-12-9(13)11-8-5-3-7(10)4-6-8/h3-6H,2,10H2,1H3,(H,11,13). The molecule has 3 N–H and O–H groups in total. The highest BCUT2D eigenvalue weighted by Gasteiger charge is 1.96. The van der Waals surface area contributed by atoms with Crippen LogP contribution in [-0.4, -0.2) is 11.8 Å². The van der Waals surface area contributed by atoms with Crippen LogP contribution in [0.3, 0.4) is 0 Å². The van der Waals surface area contributed by atoms with Crippen LogP contribution < -0.4 is 11.1 Å². The van der Waals surface area contributed by atoms with E-state index >= 15 is 0 Å². The summed E-state index contributed by atoms with van der Waals surface area (Å²) in [5, 5.41) is 3.31. The molecule has 0 saturated heterocycles. The Kier molecular flexibility index (Phi) is 3.52. The lowest BCUT2D eigenvalue weighted by Crippen LogP contribution is -2.12. The van der Waals surface area contributed by atoms with Gasteiger partial charge in [0.05, 0.1) is 6.61 Å². The minimum Gasteiger partial charge on any atom is -0.471 e. The molecule has 0 bridgehead atoms. The smallest absolute Gasteiger partial charge is 0.261 e. The molecule has 0 aromatic heterocycles. The summed E-state index contributed by atoms with van der Waals surface area (Å²) in [5.41, 5.74) is 7.14. The van der Waals surface area contributed by atoms with Crippen LogP contribution in [0.5, 0.6) is 0 Å². The van der Waals surface area contributed by atoms with Crippen molar-refractivity contribution in [2.75, 3.05) is 17.7 Å². The van der Waals surface area contributed by atoms with E-state index in [9.17, 15) is 0 Å². The van der Waals surface area contributed by atoms with Crippen molar-refractivity contribution in [3.8, 4) is 0 Å². The second-order valence-electron chi connectivity index (χ2n) is 2.47. The number of nitrogens with one attached hydrogen (secondary N) is 1. The lowest BCUT2D eigenvalue weighted by molar-refractivity contribution is 0.335. The quantitative estimate of drug-likeness (QED) is 0.561. The van der Waals surface area contributed by atoms with Crippen molar-refractivity contribution in [1.29, 1.82) is 0 Å². The van der Waals surface area contributed by atoms with Gasteiger partial charge in [0, 0.05) is 11.4 Å². The van der Waals surface area contributed by atoms with Crippen LogP contribution >= 0.6 is 12.2 Å². The number of ether oxygens (including phenoxy) is 1. The lowest BCUT2D eigenvalue weighted by Gasteiger charge is -2.07. The molecule has 1 rings (SSSR count). The maximum atomic E-state index is 5.52. The normalized spacial score (nSPS) is 9.31. The minimum atomic E-state index is 0.382. The fraction of sp³-hybridized carbons (Fsp3) is 0.222. The Morgan fingerprint density at radius 3 is 2.62 bits per heavy atom. The maximum absolute atomic E-state index is 5.52. The second-order valence-corrected chi connectivity index (χ2v) is 2.84. The molecule has 0 amide bonds. The molecule has 0 unspecified atom stereocenters. The van der Waals surface area contributed by atoms with E-state index in [1.165, 1.54) is 0 Å². The van der Waals surface area contributed by atoms with E-state index in [1.807, 2.05) is 19.1 Å². The van der Waals surface area contributed by atoms with Crippen LogP contribution in [0, 0.1) is 0 Å². The molecule has 0 atom stereocenters. The van der Waals surface area contributed by atoms with Gasteiger partial charge in [-0.3, -0.25) is 0 Å². The van der Waals surface area contributed by atoms with E-state index in [-0.39, 0.29) is 0 Å². The highest BCUT2D eigenvalue weighted by Crippen LogP contribution is 2.10. The summed E-state index contributed by atoms with van der Waals surface area (Å²) in [4.78, 5) is 0.